The molecule has 2 rings (SSSR count). The summed E-state index contributed by atoms with van der Waals surface area (Å²) in [7, 11) is 0. The van der Waals surface area contributed by atoms with Gasteiger partial charge in [0.15, 0.2) is 0 Å². The Hall–Kier alpha value is -1.32. The van der Waals surface area contributed by atoms with Crippen molar-refractivity contribution in [2.75, 3.05) is 0 Å². The second-order valence-electron chi connectivity index (χ2n) is 3.99. The zero-order chi connectivity index (χ0) is 12.3. The lowest BCUT2D eigenvalue weighted by atomic mass is 10.1. The minimum Gasteiger partial charge on any atom is -0.388 e. The normalized spacial score (nSPS) is 12.6. The molecule has 0 radical (unpaired) electrons. The van der Waals surface area contributed by atoms with Gasteiger partial charge in [-0.1, -0.05) is 36.7 Å². The summed E-state index contributed by atoms with van der Waals surface area (Å²) in [6.45, 7) is 2.56. The standard InChI is InChI=1S/C13H15ClN2O/c1-2-13(17)11-7-15-16(9-11)8-10-5-3-4-6-12(10)14/h3-7,9,13,17H,2,8H2,1H3. The molecule has 4 heteroatoms. The van der Waals surface area contributed by atoms with E-state index in [1.807, 2.05) is 37.4 Å². The zero-order valence-electron chi connectivity index (χ0n) is 9.68. The van der Waals surface area contributed by atoms with Crippen molar-refractivity contribution in [2.45, 2.75) is 26.0 Å². The van der Waals surface area contributed by atoms with E-state index in [4.69, 9.17) is 11.6 Å². The van der Waals surface area contributed by atoms with Crippen LogP contribution in [-0.2, 0) is 6.54 Å². The van der Waals surface area contributed by atoms with Gasteiger partial charge < -0.3 is 5.11 Å². The predicted molar refractivity (Wildman–Crippen MR) is 68.0 cm³/mol. The number of hydrogen-bond acceptors (Lipinski definition) is 2. The lowest BCUT2D eigenvalue weighted by Gasteiger charge is -2.05. The minimum absolute atomic E-state index is 0.435. The molecule has 3 nitrogen and oxygen atoms in total. The average Bonchev–Trinajstić information content (AvgIpc) is 2.80. The highest BCUT2D eigenvalue weighted by Gasteiger charge is 2.08. The first-order valence-electron chi connectivity index (χ1n) is 5.64. The van der Waals surface area contributed by atoms with E-state index >= 15 is 0 Å². The number of nitrogens with zero attached hydrogens (tertiary/aromatic N) is 2. The second-order valence-corrected chi connectivity index (χ2v) is 4.39. The highest BCUT2D eigenvalue weighted by atomic mass is 35.5. The molecule has 0 aliphatic rings. The number of aliphatic hydroxyl groups is 1. The quantitative estimate of drug-likeness (QED) is 0.906. The summed E-state index contributed by atoms with van der Waals surface area (Å²) >= 11 is 6.08. The van der Waals surface area contributed by atoms with Gasteiger partial charge in [-0.2, -0.15) is 5.10 Å². The molecular formula is C13H15ClN2O. The van der Waals surface area contributed by atoms with E-state index in [1.54, 1.807) is 10.9 Å². The summed E-state index contributed by atoms with van der Waals surface area (Å²) in [4.78, 5) is 0. The Morgan fingerprint density at radius 1 is 1.41 bits per heavy atom. The second kappa shape index (κ2) is 5.34. The Bertz CT molecular complexity index is 496. The predicted octanol–water partition coefficient (Wildman–Crippen LogP) is 3.03. The van der Waals surface area contributed by atoms with E-state index in [9.17, 15) is 5.11 Å². The van der Waals surface area contributed by atoms with Crippen molar-refractivity contribution in [3.8, 4) is 0 Å². The Kier molecular flexibility index (Phi) is 3.82. The number of hydrogen-bond donors (Lipinski definition) is 1. The molecule has 2 aromatic rings. The molecule has 1 aromatic carbocycles. The first kappa shape index (κ1) is 12.1. The first-order valence-corrected chi connectivity index (χ1v) is 6.02. The fraction of sp³-hybridized carbons (Fsp3) is 0.308. The summed E-state index contributed by atoms with van der Waals surface area (Å²) in [5, 5.41) is 14.6. The maximum absolute atomic E-state index is 9.68. The molecule has 90 valence electrons. The smallest absolute Gasteiger partial charge is 0.0817 e. The molecular weight excluding hydrogens is 236 g/mol. The van der Waals surface area contributed by atoms with Gasteiger partial charge >= 0.3 is 0 Å². The van der Waals surface area contributed by atoms with Crippen LogP contribution in [0.2, 0.25) is 5.02 Å². The molecule has 0 aliphatic carbocycles. The molecule has 0 aliphatic heterocycles. The van der Waals surface area contributed by atoms with Gasteiger partial charge in [0.25, 0.3) is 0 Å². The number of rotatable bonds is 4. The third-order valence-electron chi connectivity index (χ3n) is 2.71. The van der Waals surface area contributed by atoms with E-state index in [-0.39, 0.29) is 0 Å². The summed E-state index contributed by atoms with van der Waals surface area (Å²) in [6.07, 6.45) is 3.82. The molecule has 0 saturated carbocycles. The van der Waals surface area contributed by atoms with Gasteiger partial charge in [0.05, 0.1) is 18.8 Å². The maximum Gasteiger partial charge on any atom is 0.0817 e. The monoisotopic (exact) mass is 250 g/mol. The van der Waals surface area contributed by atoms with Crippen LogP contribution in [0.3, 0.4) is 0 Å². The van der Waals surface area contributed by atoms with E-state index in [0.29, 0.717) is 13.0 Å². The van der Waals surface area contributed by atoms with Crippen LogP contribution < -0.4 is 0 Å². The van der Waals surface area contributed by atoms with Crippen molar-refractivity contribution < 1.29 is 5.11 Å². The van der Waals surface area contributed by atoms with Crippen molar-refractivity contribution in [1.29, 1.82) is 0 Å². The fourth-order valence-electron chi connectivity index (χ4n) is 1.67. The molecule has 1 atom stereocenters. The zero-order valence-corrected chi connectivity index (χ0v) is 10.4. The molecule has 1 aromatic heterocycles. The molecule has 0 bridgehead atoms. The molecule has 0 fully saturated rings. The van der Waals surface area contributed by atoms with Gasteiger partial charge in [0.2, 0.25) is 0 Å². The Morgan fingerprint density at radius 2 is 2.18 bits per heavy atom. The van der Waals surface area contributed by atoms with Crippen molar-refractivity contribution in [1.82, 2.24) is 9.78 Å². The summed E-state index contributed by atoms with van der Waals surface area (Å²) in [6, 6.07) is 7.69. The van der Waals surface area contributed by atoms with Crippen molar-refractivity contribution in [3.63, 3.8) is 0 Å². The number of aromatic nitrogens is 2. The highest BCUT2D eigenvalue weighted by Crippen LogP contribution is 2.18. The van der Waals surface area contributed by atoms with Crippen LogP contribution in [0.15, 0.2) is 36.7 Å². The summed E-state index contributed by atoms with van der Waals surface area (Å²) in [5.74, 6) is 0. The van der Waals surface area contributed by atoms with Gasteiger partial charge in [-0.05, 0) is 18.1 Å². The van der Waals surface area contributed by atoms with Crippen LogP contribution in [0.5, 0.6) is 0 Å². The van der Waals surface area contributed by atoms with E-state index in [2.05, 4.69) is 5.10 Å². The van der Waals surface area contributed by atoms with Crippen LogP contribution in [0.4, 0.5) is 0 Å². The van der Waals surface area contributed by atoms with Gasteiger partial charge in [-0.3, -0.25) is 4.68 Å². The third kappa shape index (κ3) is 2.87. The van der Waals surface area contributed by atoms with Gasteiger partial charge in [0.1, 0.15) is 0 Å². The van der Waals surface area contributed by atoms with Crippen molar-refractivity contribution in [3.05, 3.63) is 52.8 Å². The van der Waals surface area contributed by atoms with Gasteiger partial charge in [0, 0.05) is 16.8 Å². The molecule has 0 amide bonds. The number of aliphatic hydroxyl groups excluding tert-OH is 1. The fourth-order valence-corrected chi connectivity index (χ4v) is 1.87. The van der Waals surface area contributed by atoms with Crippen molar-refractivity contribution in [2.24, 2.45) is 0 Å². The SMILES string of the molecule is CCC(O)c1cnn(Cc2ccccc2Cl)c1. The average molecular weight is 251 g/mol. The summed E-state index contributed by atoms with van der Waals surface area (Å²) < 4.78 is 1.79. The lowest BCUT2D eigenvalue weighted by Crippen LogP contribution is -2.00. The maximum atomic E-state index is 9.68. The van der Waals surface area contributed by atoms with Crippen LogP contribution in [0.25, 0.3) is 0 Å². The van der Waals surface area contributed by atoms with E-state index < -0.39 is 6.10 Å². The minimum atomic E-state index is -0.435. The van der Waals surface area contributed by atoms with Crippen LogP contribution in [0, 0.1) is 0 Å². The van der Waals surface area contributed by atoms with Gasteiger partial charge in [-0.25, -0.2) is 0 Å². The third-order valence-corrected chi connectivity index (χ3v) is 3.08. The Balaban J connectivity index is 2.14. The Morgan fingerprint density at radius 3 is 2.88 bits per heavy atom. The van der Waals surface area contributed by atoms with Crippen LogP contribution >= 0.6 is 11.6 Å². The summed E-state index contributed by atoms with van der Waals surface area (Å²) in [5.41, 5.74) is 1.87. The largest absolute Gasteiger partial charge is 0.388 e. The van der Waals surface area contributed by atoms with Crippen LogP contribution in [0.1, 0.15) is 30.6 Å². The topological polar surface area (TPSA) is 38.1 Å². The molecule has 17 heavy (non-hydrogen) atoms. The van der Waals surface area contributed by atoms with E-state index in [0.717, 1.165) is 16.1 Å². The highest BCUT2D eigenvalue weighted by molar-refractivity contribution is 6.31. The molecule has 0 spiro atoms. The number of benzene rings is 1. The number of halogens is 1. The molecule has 1 unspecified atom stereocenters. The van der Waals surface area contributed by atoms with Gasteiger partial charge in [-0.15, -0.1) is 0 Å². The lowest BCUT2D eigenvalue weighted by molar-refractivity contribution is 0.173. The molecule has 0 saturated heterocycles. The Labute approximate surface area is 106 Å². The molecule has 1 heterocycles. The van der Waals surface area contributed by atoms with Crippen LogP contribution in [-0.4, -0.2) is 14.9 Å². The first-order chi connectivity index (χ1) is 8.20. The van der Waals surface area contributed by atoms with Crippen molar-refractivity contribution >= 4 is 11.6 Å². The molecule has 1 N–H and O–H groups in total. The van der Waals surface area contributed by atoms with E-state index in [1.165, 1.54) is 0 Å².